The van der Waals surface area contributed by atoms with Crippen LogP contribution >= 0.6 is 0 Å². The molecular formula is C18H17N3O3. The number of rotatable bonds is 3. The van der Waals surface area contributed by atoms with E-state index in [2.05, 4.69) is 22.6 Å². The second kappa shape index (κ2) is 4.75. The number of hydrogen-bond acceptors (Lipinski definition) is 4. The van der Waals surface area contributed by atoms with Crippen molar-refractivity contribution < 1.29 is 14.4 Å². The number of nitrogens with zero attached hydrogens (tertiary/aromatic N) is 2. The molecule has 6 heteroatoms. The fourth-order valence-electron chi connectivity index (χ4n) is 4.92. The van der Waals surface area contributed by atoms with Crippen LogP contribution < -0.4 is 5.43 Å². The second-order valence-electron chi connectivity index (χ2n) is 7.23. The second-order valence-corrected chi connectivity index (χ2v) is 7.23. The average molecular weight is 323 g/mol. The molecule has 5 aliphatic rings. The van der Waals surface area contributed by atoms with Crippen LogP contribution in [0, 0.1) is 35.5 Å². The Labute approximate surface area is 138 Å². The number of hydrazine groups is 1. The van der Waals surface area contributed by atoms with Gasteiger partial charge in [0.2, 0.25) is 5.91 Å². The third kappa shape index (κ3) is 1.82. The van der Waals surface area contributed by atoms with Crippen molar-refractivity contribution >= 4 is 17.7 Å². The lowest BCUT2D eigenvalue weighted by Gasteiger charge is -2.37. The SMILES string of the molecule is O=C(Cc1ccncc1)NN1C(=O)[C@@H]2C3C=CC(C4CC43)[C@@H]2C1=O. The maximum atomic E-state index is 12.7. The lowest BCUT2D eigenvalue weighted by Crippen LogP contribution is -2.47. The maximum absolute atomic E-state index is 12.7. The first-order chi connectivity index (χ1) is 11.6. The van der Waals surface area contributed by atoms with Crippen LogP contribution in [0.15, 0.2) is 36.7 Å². The number of pyridine rings is 1. The minimum atomic E-state index is -0.355. The van der Waals surface area contributed by atoms with Gasteiger partial charge in [0, 0.05) is 12.4 Å². The minimum Gasteiger partial charge on any atom is -0.273 e. The molecular weight excluding hydrogens is 306 g/mol. The molecule has 3 amide bonds. The normalized spacial score (nSPS) is 38.1. The van der Waals surface area contributed by atoms with Crippen molar-refractivity contribution in [2.75, 3.05) is 0 Å². The van der Waals surface area contributed by atoms with E-state index in [0.29, 0.717) is 11.8 Å². The molecule has 24 heavy (non-hydrogen) atoms. The van der Waals surface area contributed by atoms with E-state index in [1.807, 2.05) is 0 Å². The number of amides is 3. The molecule has 1 N–H and O–H groups in total. The van der Waals surface area contributed by atoms with Crippen LogP contribution in [0.1, 0.15) is 12.0 Å². The quantitative estimate of drug-likeness (QED) is 0.656. The Hall–Kier alpha value is -2.50. The summed E-state index contributed by atoms with van der Waals surface area (Å²) in [6, 6.07) is 3.48. The molecule has 4 aliphatic carbocycles. The predicted octanol–water partition coefficient (Wildman–Crippen LogP) is 0.708. The van der Waals surface area contributed by atoms with Crippen molar-refractivity contribution in [1.29, 1.82) is 0 Å². The monoisotopic (exact) mass is 323 g/mol. The summed E-state index contributed by atoms with van der Waals surface area (Å²) < 4.78 is 0. The first-order valence-electron chi connectivity index (χ1n) is 8.39. The van der Waals surface area contributed by atoms with E-state index in [1.54, 1.807) is 24.5 Å². The first kappa shape index (κ1) is 13.9. The van der Waals surface area contributed by atoms with Gasteiger partial charge in [-0.05, 0) is 47.8 Å². The van der Waals surface area contributed by atoms with Gasteiger partial charge in [0.05, 0.1) is 18.3 Å². The summed E-state index contributed by atoms with van der Waals surface area (Å²) in [7, 11) is 0. The third-order valence-electron chi connectivity index (χ3n) is 6.01. The van der Waals surface area contributed by atoms with Crippen molar-refractivity contribution in [1.82, 2.24) is 15.4 Å². The molecule has 0 spiro atoms. The number of carbonyl (C=O) groups excluding carboxylic acids is 3. The summed E-state index contributed by atoms with van der Waals surface area (Å²) in [5, 5.41) is 0.983. The van der Waals surface area contributed by atoms with Crippen molar-refractivity contribution in [2.24, 2.45) is 35.5 Å². The number of aromatic nitrogens is 1. The summed E-state index contributed by atoms with van der Waals surface area (Å²) in [5.74, 6) is 0.0700. The van der Waals surface area contributed by atoms with Gasteiger partial charge in [0.1, 0.15) is 0 Å². The summed E-state index contributed by atoms with van der Waals surface area (Å²) in [4.78, 5) is 41.6. The molecule has 2 saturated carbocycles. The molecule has 1 saturated heterocycles. The summed E-state index contributed by atoms with van der Waals surface area (Å²) in [6.07, 6.45) is 8.70. The Morgan fingerprint density at radius 3 is 2.25 bits per heavy atom. The highest BCUT2D eigenvalue weighted by atomic mass is 16.2. The third-order valence-corrected chi connectivity index (χ3v) is 6.01. The number of hydrogen-bond donors (Lipinski definition) is 1. The lowest BCUT2D eigenvalue weighted by molar-refractivity contribution is -0.149. The van der Waals surface area contributed by atoms with E-state index in [4.69, 9.17) is 0 Å². The van der Waals surface area contributed by atoms with Crippen LogP contribution in [0.3, 0.4) is 0 Å². The molecule has 1 aromatic heterocycles. The van der Waals surface area contributed by atoms with E-state index in [1.165, 1.54) is 0 Å². The zero-order chi connectivity index (χ0) is 16.4. The Kier molecular flexibility index (Phi) is 2.75. The van der Waals surface area contributed by atoms with Crippen molar-refractivity contribution in [3.8, 4) is 0 Å². The predicted molar refractivity (Wildman–Crippen MR) is 82.6 cm³/mol. The van der Waals surface area contributed by atoms with Crippen LogP contribution in [0.5, 0.6) is 0 Å². The fraction of sp³-hybridized carbons (Fsp3) is 0.444. The van der Waals surface area contributed by atoms with E-state index >= 15 is 0 Å². The van der Waals surface area contributed by atoms with Crippen LogP contribution in [0.4, 0.5) is 0 Å². The molecule has 122 valence electrons. The molecule has 1 aliphatic heterocycles. The topological polar surface area (TPSA) is 79.4 Å². The van der Waals surface area contributed by atoms with Gasteiger partial charge < -0.3 is 0 Å². The zero-order valence-electron chi connectivity index (χ0n) is 13.0. The van der Waals surface area contributed by atoms with Gasteiger partial charge in [-0.2, -0.15) is 5.01 Å². The van der Waals surface area contributed by atoms with E-state index in [-0.39, 0.29) is 47.8 Å². The van der Waals surface area contributed by atoms with Gasteiger partial charge in [-0.15, -0.1) is 0 Å². The highest BCUT2D eigenvalue weighted by molar-refractivity contribution is 6.07. The Balaban J connectivity index is 1.34. The molecule has 0 aromatic carbocycles. The summed E-state index contributed by atoms with van der Waals surface area (Å²) in [6.45, 7) is 0. The molecule has 6 atom stereocenters. The van der Waals surface area contributed by atoms with Gasteiger partial charge in [0.25, 0.3) is 11.8 Å². The Morgan fingerprint density at radius 1 is 1.08 bits per heavy atom. The maximum Gasteiger partial charge on any atom is 0.252 e. The van der Waals surface area contributed by atoms with Crippen LogP contribution in [0.2, 0.25) is 0 Å². The van der Waals surface area contributed by atoms with E-state index in [9.17, 15) is 14.4 Å². The Morgan fingerprint density at radius 2 is 1.67 bits per heavy atom. The highest BCUT2D eigenvalue weighted by Gasteiger charge is 2.67. The van der Waals surface area contributed by atoms with Crippen molar-refractivity contribution in [3.63, 3.8) is 0 Å². The number of allylic oxidation sites excluding steroid dienone is 2. The van der Waals surface area contributed by atoms with E-state index < -0.39 is 0 Å². The molecule has 3 fully saturated rings. The van der Waals surface area contributed by atoms with Crippen LogP contribution in [0.25, 0.3) is 0 Å². The van der Waals surface area contributed by atoms with Gasteiger partial charge in [-0.3, -0.25) is 24.8 Å². The molecule has 2 heterocycles. The van der Waals surface area contributed by atoms with Crippen LogP contribution in [-0.4, -0.2) is 27.7 Å². The van der Waals surface area contributed by atoms with E-state index in [0.717, 1.165) is 17.0 Å². The lowest BCUT2D eigenvalue weighted by atomic mass is 9.63. The number of carbonyl (C=O) groups is 3. The van der Waals surface area contributed by atoms with Gasteiger partial charge in [0.15, 0.2) is 0 Å². The molecule has 6 rings (SSSR count). The summed E-state index contributed by atoms with van der Waals surface area (Å²) in [5.41, 5.74) is 3.32. The van der Waals surface area contributed by atoms with Gasteiger partial charge in [-0.25, -0.2) is 0 Å². The molecule has 2 bridgehead atoms. The van der Waals surface area contributed by atoms with Crippen LogP contribution in [-0.2, 0) is 20.8 Å². The molecule has 1 aromatic rings. The largest absolute Gasteiger partial charge is 0.273 e. The first-order valence-corrected chi connectivity index (χ1v) is 8.39. The van der Waals surface area contributed by atoms with Gasteiger partial charge >= 0.3 is 0 Å². The Bertz CT molecular complexity index is 739. The standard InChI is InChI=1S/C18H17N3O3/c22-14(7-9-3-5-19-6-4-9)20-21-17(23)15-10-1-2-11(13-8-12(10)13)16(15)18(21)24/h1-6,10-13,15-16H,7-8H2,(H,20,22)/t10?,11?,12?,13?,15-,16+. The zero-order valence-corrected chi connectivity index (χ0v) is 13.0. The number of imide groups is 1. The fourth-order valence-corrected chi connectivity index (χ4v) is 4.92. The van der Waals surface area contributed by atoms with Crippen molar-refractivity contribution in [2.45, 2.75) is 12.8 Å². The highest BCUT2D eigenvalue weighted by Crippen LogP contribution is 2.65. The molecule has 6 nitrogen and oxygen atoms in total. The molecule has 0 radical (unpaired) electrons. The number of nitrogens with one attached hydrogen (secondary N) is 1. The molecule has 4 unspecified atom stereocenters. The van der Waals surface area contributed by atoms with Crippen molar-refractivity contribution in [3.05, 3.63) is 42.2 Å². The average Bonchev–Trinajstić information content (AvgIpc) is 3.37. The summed E-state index contributed by atoms with van der Waals surface area (Å²) >= 11 is 0. The smallest absolute Gasteiger partial charge is 0.252 e. The van der Waals surface area contributed by atoms with Gasteiger partial charge in [-0.1, -0.05) is 12.2 Å². The minimum absolute atomic E-state index is 0.116.